The third kappa shape index (κ3) is 1.69. The minimum atomic E-state index is 0.199. The van der Waals surface area contributed by atoms with Gasteiger partial charge in [0.05, 0.1) is 11.4 Å². The number of carbonyl (C=O) groups excluding carboxylic acids is 1. The number of benzene rings is 1. The van der Waals surface area contributed by atoms with Gasteiger partial charge in [-0.3, -0.25) is 4.79 Å². The normalized spacial score (nSPS) is 10.1. The van der Waals surface area contributed by atoms with Gasteiger partial charge >= 0.3 is 0 Å². The van der Waals surface area contributed by atoms with E-state index < -0.39 is 0 Å². The molecule has 0 radical (unpaired) electrons. The molecule has 0 saturated carbocycles. The maximum Gasteiger partial charge on any atom is 0.211 e. The number of phenols is 1. The number of hydrogen-bond donors (Lipinski definition) is 3. The highest BCUT2D eigenvalue weighted by atomic mass is 16.3. The Kier molecular flexibility index (Phi) is 2.17. The molecule has 0 aliphatic rings. The van der Waals surface area contributed by atoms with Crippen molar-refractivity contribution in [1.82, 2.24) is 10.3 Å². The van der Waals surface area contributed by atoms with Crippen LogP contribution in [-0.4, -0.2) is 16.5 Å². The molecule has 0 aliphatic carbocycles. The Morgan fingerprint density at radius 1 is 1.47 bits per heavy atom. The zero-order valence-corrected chi connectivity index (χ0v) is 7.95. The lowest BCUT2D eigenvalue weighted by atomic mass is 10.2. The second-order valence-corrected chi connectivity index (χ2v) is 3.20. The molecular weight excluding hydrogens is 192 g/mol. The van der Waals surface area contributed by atoms with Crippen LogP contribution in [0.3, 0.4) is 0 Å². The van der Waals surface area contributed by atoms with Gasteiger partial charge in [0.25, 0.3) is 0 Å². The van der Waals surface area contributed by atoms with Crippen LogP contribution in [0, 0.1) is 0 Å². The predicted octanol–water partition coefficient (Wildman–Crippen LogP) is 1.59. The maximum absolute atomic E-state index is 10.2. The highest BCUT2D eigenvalue weighted by Crippen LogP contribution is 2.22. The van der Waals surface area contributed by atoms with Gasteiger partial charge in [-0.1, -0.05) is 6.58 Å². The van der Waals surface area contributed by atoms with E-state index in [1.54, 1.807) is 18.2 Å². The summed E-state index contributed by atoms with van der Waals surface area (Å²) in [5.41, 5.74) is 2.03. The summed E-state index contributed by atoms with van der Waals surface area (Å²) in [6.45, 7) is 3.70. The third-order valence-corrected chi connectivity index (χ3v) is 2.16. The van der Waals surface area contributed by atoms with E-state index >= 15 is 0 Å². The quantitative estimate of drug-likeness (QED) is 0.662. The van der Waals surface area contributed by atoms with Crippen molar-refractivity contribution >= 4 is 23.0 Å². The SMILES string of the molecule is C=C(NC=O)c1cc2ccc(O)cc2[nH]1. The van der Waals surface area contributed by atoms with E-state index in [0.717, 1.165) is 16.6 Å². The van der Waals surface area contributed by atoms with Crippen LogP contribution in [0.4, 0.5) is 0 Å². The first-order valence-corrected chi connectivity index (χ1v) is 4.42. The van der Waals surface area contributed by atoms with Crippen molar-refractivity contribution in [2.45, 2.75) is 0 Å². The molecule has 0 atom stereocenters. The fraction of sp³-hybridized carbons (Fsp3) is 0. The minimum Gasteiger partial charge on any atom is -0.508 e. The van der Waals surface area contributed by atoms with E-state index in [0.29, 0.717) is 12.1 Å². The van der Waals surface area contributed by atoms with E-state index in [1.807, 2.05) is 6.07 Å². The molecule has 0 unspecified atom stereocenters. The lowest BCUT2D eigenvalue weighted by Gasteiger charge is -1.98. The average molecular weight is 202 g/mol. The van der Waals surface area contributed by atoms with Crippen molar-refractivity contribution in [3.63, 3.8) is 0 Å². The molecule has 4 nitrogen and oxygen atoms in total. The van der Waals surface area contributed by atoms with Crippen LogP contribution in [-0.2, 0) is 4.79 Å². The Labute approximate surface area is 86.2 Å². The fourth-order valence-corrected chi connectivity index (χ4v) is 1.43. The van der Waals surface area contributed by atoms with E-state index in [4.69, 9.17) is 0 Å². The Bertz CT molecular complexity index is 528. The number of aromatic nitrogens is 1. The highest BCUT2D eigenvalue weighted by Gasteiger charge is 2.03. The van der Waals surface area contributed by atoms with Crippen molar-refractivity contribution in [3.05, 3.63) is 36.5 Å². The number of hydrogen-bond acceptors (Lipinski definition) is 2. The number of H-pyrrole nitrogens is 1. The van der Waals surface area contributed by atoms with Gasteiger partial charge in [-0.25, -0.2) is 0 Å². The molecule has 4 heteroatoms. The molecule has 1 aromatic carbocycles. The number of rotatable bonds is 3. The summed E-state index contributed by atoms with van der Waals surface area (Å²) < 4.78 is 0. The Morgan fingerprint density at radius 3 is 3.00 bits per heavy atom. The smallest absolute Gasteiger partial charge is 0.211 e. The summed E-state index contributed by atoms with van der Waals surface area (Å²) in [4.78, 5) is 13.3. The van der Waals surface area contributed by atoms with Crippen molar-refractivity contribution in [2.75, 3.05) is 0 Å². The van der Waals surface area contributed by atoms with Gasteiger partial charge in [-0.2, -0.15) is 0 Å². The van der Waals surface area contributed by atoms with Crippen LogP contribution < -0.4 is 5.32 Å². The van der Waals surface area contributed by atoms with Gasteiger partial charge in [0.15, 0.2) is 0 Å². The number of aromatic hydroxyl groups is 1. The van der Waals surface area contributed by atoms with Crippen molar-refractivity contribution in [1.29, 1.82) is 0 Å². The number of amides is 1. The summed E-state index contributed by atoms with van der Waals surface area (Å²) in [5, 5.41) is 12.7. The van der Waals surface area contributed by atoms with Crippen molar-refractivity contribution in [3.8, 4) is 5.75 Å². The van der Waals surface area contributed by atoms with Gasteiger partial charge in [0, 0.05) is 17.0 Å². The van der Waals surface area contributed by atoms with Crippen LogP contribution in [0.2, 0.25) is 0 Å². The van der Waals surface area contributed by atoms with Gasteiger partial charge in [-0.05, 0) is 18.2 Å². The molecule has 1 aromatic heterocycles. The predicted molar refractivity (Wildman–Crippen MR) is 58.2 cm³/mol. The fourth-order valence-electron chi connectivity index (χ4n) is 1.43. The molecule has 1 heterocycles. The summed E-state index contributed by atoms with van der Waals surface area (Å²) in [6, 6.07) is 6.87. The second-order valence-electron chi connectivity index (χ2n) is 3.20. The first kappa shape index (κ1) is 9.33. The zero-order valence-electron chi connectivity index (χ0n) is 7.95. The van der Waals surface area contributed by atoms with Gasteiger partial charge in [-0.15, -0.1) is 0 Å². The molecule has 0 saturated heterocycles. The molecular formula is C11H10N2O2. The topological polar surface area (TPSA) is 65.1 Å². The molecule has 0 spiro atoms. The number of aromatic amines is 1. The van der Waals surface area contributed by atoms with E-state index in [1.165, 1.54) is 0 Å². The molecule has 0 aliphatic heterocycles. The molecule has 15 heavy (non-hydrogen) atoms. The van der Waals surface area contributed by atoms with Crippen molar-refractivity contribution in [2.24, 2.45) is 0 Å². The number of phenolic OH excluding ortho intramolecular Hbond substituents is 1. The summed E-state index contributed by atoms with van der Waals surface area (Å²) in [7, 11) is 0. The molecule has 0 fully saturated rings. The Morgan fingerprint density at radius 2 is 2.27 bits per heavy atom. The van der Waals surface area contributed by atoms with Crippen LogP contribution in [0.1, 0.15) is 5.69 Å². The van der Waals surface area contributed by atoms with E-state index in [2.05, 4.69) is 16.9 Å². The van der Waals surface area contributed by atoms with Crippen LogP contribution in [0.25, 0.3) is 16.6 Å². The molecule has 76 valence electrons. The maximum atomic E-state index is 10.2. The Hall–Kier alpha value is -2.23. The summed E-state index contributed by atoms with van der Waals surface area (Å²) in [6.07, 6.45) is 0.575. The lowest BCUT2D eigenvalue weighted by Crippen LogP contribution is -2.07. The monoisotopic (exact) mass is 202 g/mol. The molecule has 2 rings (SSSR count). The molecule has 0 bridgehead atoms. The van der Waals surface area contributed by atoms with Gasteiger partial charge in [0.2, 0.25) is 6.41 Å². The number of nitrogens with one attached hydrogen (secondary N) is 2. The van der Waals surface area contributed by atoms with Crippen molar-refractivity contribution < 1.29 is 9.90 Å². The lowest BCUT2D eigenvalue weighted by molar-refractivity contribution is -0.108. The summed E-state index contributed by atoms with van der Waals surface area (Å²) >= 11 is 0. The molecule has 3 N–H and O–H groups in total. The van der Waals surface area contributed by atoms with Crippen LogP contribution in [0.15, 0.2) is 30.8 Å². The zero-order chi connectivity index (χ0) is 10.8. The first-order chi connectivity index (χ1) is 7.20. The van der Waals surface area contributed by atoms with E-state index in [-0.39, 0.29) is 5.75 Å². The van der Waals surface area contributed by atoms with Crippen LogP contribution in [0.5, 0.6) is 5.75 Å². The standard InChI is InChI=1S/C11H10N2O2/c1-7(12-6-14)10-4-8-2-3-9(15)5-11(8)13-10/h2-6,13,15H,1H2,(H,12,14). The highest BCUT2D eigenvalue weighted by molar-refractivity contribution is 5.86. The number of fused-ring (bicyclic) bond motifs is 1. The van der Waals surface area contributed by atoms with Crippen LogP contribution >= 0.6 is 0 Å². The number of carbonyl (C=O) groups is 1. The minimum absolute atomic E-state index is 0.199. The molecule has 2 aromatic rings. The largest absolute Gasteiger partial charge is 0.508 e. The first-order valence-electron chi connectivity index (χ1n) is 4.42. The second kappa shape index (κ2) is 3.49. The van der Waals surface area contributed by atoms with Gasteiger partial charge in [0.1, 0.15) is 5.75 Å². The average Bonchev–Trinajstić information content (AvgIpc) is 2.60. The summed E-state index contributed by atoms with van der Waals surface area (Å²) in [5.74, 6) is 0.199. The third-order valence-electron chi connectivity index (χ3n) is 2.16. The van der Waals surface area contributed by atoms with E-state index in [9.17, 15) is 9.90 Å². The molecule has 1 amide bonds. The van der Waals surface area contributed by atoms with Gasteiger partial charge < -0.3 is 15.4 Å². The Balaban J connectivity index is 2.47.